The number of rotatable bonds is 4. The van der Waals surface area contributed by atoms with E-state index in [1.165, 1.54) is 0 Å². The first kappa shape index (κ1) is 13.7. The molecule has 0 aliphatic carbocycles. The minimum Gasteiger partial charge on any atom is -0.331 e. The summed E-state index contributed by atoms with van der Waals surface area (Å²) in [5.41, 5.74) is 7.14. The lowest BCUT2D eigenvalue weighted by Gasteiger charge is -2.16. The van der Waals surface area contributed by atoms with Crippen LogP contribution in [0.4, 0.5) is 0 Å². The third-order valence-corrected chi connectivity index (χ3v) is 3.79. The van der Waals surface area contributed by atoms with Crippen molar-refractivity contribution < 1.29 is 0 Å². The van der Waals surface area contributed by atoms with Crippen molar-refractivity contribution >= 4 is 11.0 Å². The van der Waals surface area contributed by atoms with Crippen LogP contribution in [-0.4, -0.2) is 14.5 Å². The van der Waals surface area contributed by atoms with Gasteiger partial charge in [0.25, 0.3) is 0 Å². The second-order valence-corrected chi connectivity index (χ2v) is 5.23. The standard InChI is InChI=1S/C16H19N5/c1-11-9-12(7-8-18-11)14(20-17)10-16-19-13-5-3-4-6-15(13)21(16)2/h3-9,14,20H,10,17H2,1-2H3. The highest BCUT2D eigenvalue weighted by Gasteiger charge is 2.15. The molecule has 0 bridgehead atoms. The van der Waals surface area contributed by atoms with Gasteiger partial charge in [-0.05, 0) is 36.8 Å². The fraction of sp³-hybridized carbons (Fsp3) is 0.250. The molecule has 3 N–H and O–H groups in total. The zero-order valence-electron chi connectivity index (χ0n) is 12.2. The third kappa shape index (κ3) is 2.66. The average Bonchev–Trinajstić information content (AvgIpc) is 2.81. The zero-order valence-corrected chi connectivity index (χ0v) is 12.2. The molecule has 5 heteroatoms. The highest BCUT2D eigenvalue weighted by molar-refractivity contribution is 5.75. The predicted molar refractivity (Wildman–Crippen MR) is 83.5 cm³/mol. The number of aryl methyl sites for hydroxylation is 2. The maximum Gasteiger partial charge on any atom is 0.111 e. The molecule has 0 amide bonds. The first-order chi connectivity index (χ1) is 10.2. The molecule has 2 aromatic heterocycles. The number of nitrogens with one attached hydrogen (secondary N) is 1. The van der Waals surface area contributed by atoms with Crippen LogP contribution >= 0.6 is 0 Å². The Morgan fingerprint density at radius 2 is 2.10 bits per heavy atom. The van der Waals surface area contributed by atoms with E-state index < -0.39 is 0 Å². The summed E-state index contributed by atoms with van der Waals surface area (Å²) in [5, 5.41) is 0. The molecule has 0 saturated heterocycles. The molecule has 108 valence electrons. The molecule has 1 aromatic carbocycles. The fourth-order valence-corrected chi connectivity index (χ4v) is 2.62. The summed E-state index contributed by atoms with van der Waals surface area (Å²) in [7, 11) is 2.04. The number of imidazole rings is 1. The fourth-order valence-electron chi connectivity index (χ4n) is 2.62. The van der Waals surface area contributed by atoms with Crippen molar-refractivity contribution in [2.75, 3.05) is 0 Å². The number of pyridine rings is 1. The van der Waals surface area contributed by atoms with Crippen LogP contribution in [0.5, 0.6) is 0 Å². The lowest BCUT2D eigenvalue weighted by molar-refractivity contribution is 0.531. The van der Waals surface area contributed by atoms with Gasteiger partial charge in [-0.2, -0.15) is 0 Å². The van der Waals surface area contributed by atoms with E-state index in [1.807, 2.05) is 50.5 Å². The van der Waals surface area contributed by atoms with E-state index in [-0.39, 0.29) is 6.04 Å². The van der Waals surface area contributed by atoms with Crippen molar-refractivity contribution in [1.82, 2.24) is 20.0 Å². The van der Waals surface area contributed by atoms with Gasteiger partial charge in [0.2, 0.25) is 0 Å². The van der Waals surface area contributed by atoms with Gasteiger partial charge in [0.1, 0.15) is 5.82 Å². The van der Waals surface area contributed by atoms with Crippen LogP contribution in [0.15, 0.2) is 42.6 Å². The monoisotopic (exact) mass is 281 g/mol. The highest BCUT2D eigenvalue weighted by Crippen LogP contribution is 2.20. The molecule has 0 spiro atoms. The molecule has 0 aliphatic rings. The number of hydrazine groups is 1. The Kier molecular flexibility index (Phi) is 3.68. The number of fused-ring (bicyclic) bond motifs is 1. The smallest absolute Gasteiger partial charge is 0.111 e. The number of hydrogen-bond donors (Lipinski definition) is 2. The van der Waals surface area contributed by atoms with Crippen molar-refractivity contribution in [2.45, 2.75) is 19.4 Å². The van der Waals surface area contributed by atoms with Crippen LogP contribution in [-0.2, 0) is 13.5 Å². The van der Waals surface area contributed by atoms with Gasteiger partial charge in [-0.1, -0.05) is 12.1 Å². The molecule has 0 radical (unpaired) electrons. The van der Waals surface area contributed by atoms with Gasteiger partial charge in [-0.15, -0.1) is 0 Å². The third-order valence-electron chi connectivity index (χ3n) is 3.79. The van der Waals surface area contributed by atoms with Gasteiger partial charge in [0, 0.05) is 25.4 Å². The van der Waals surface area contributed by atoms with Crippen LogP contribution < -0.4 is 11.3 Å². The lowest BCUT2D eigenvalue weighted by atomic mass is 10.0. The topological polar surface area (TPSA) is 68.8 Å². The summed E-state index contributed by atoms with van der Waals surface area (Å²) < 4.78 is 2.12. The molecule has 1 atom stereocenters. The number of para-hydroxylation sites is 2. The molecule has 2 heterocycles. The highest BCUT2D eigenvalue weighted by atomic mass is 15.2. The molecule has 0 aliphatic heterocycles. The summed E-state index contributed by atoms with van der Waals surface area (Å²) in [6.45, 7) is 1.98. The number of nitrogens with zero attached hydrogens (tertiary/aromatic N) is 3. The van der Waals surface area contributed by atoms with E-state index in [4.69, 9.17) is 10.8 Å². The molecule has 3 rings (SSSR count). The van der Waals surface area contributed by atoms with Crippen molar-refractivity contribution in [3.63, 3.8) is 0 Å². The van der Waals surface area contributed by atoms with Gasteiger partial charge in [0.15, 0.2) is 0 Å². The van der Waals surface area contributed by atoms with Gasteiger partial charge >= 0.3 is 0 Å². The molecular weight excluding hydrogens is 262 g/mol. The van der Waals surface area contributed by atoms with Gasteiger partial charge in [-0.25, -0.2) is 4.98 Å². The zero-order chi connectivity index (χ0) is 14.8. The Bertz CT molecular complexity index is 762. The summed E-state index contributed by atoms with van der Waals surface area (Å²) >= 11 is 0. The van der Waals surface area contributed by atoms with Gasteiger partial charge in [-0.3, -0.25) is 16.3 Å². The molecular formula is C16H19N5. The number of benzene rings is 1. The second kappa shape index (κ2) is 5.63. The van der Waals surface area contributed by atoms with E-state index in [1.54, 1.807) is 0 Å². The first-order valence-corrected chi connectivity index (χ1v) is 6.98. The SMILES string of the molecule is Cc1cc(C(Cc2nc3ccccc3n2C)NN)ccn1. The molecule has 0 saturated carbocycles. The van der Waals surface area contributed by atoms with Crippen LogP contribution in [0.1, 0.15) is 23.1 Å². The summed E-state index contributed by atoms with van der Waals surface area (Å²) in [6, 6.07) is 12.2. The molecule has 21 heavy (non-hydrogen) atoms. The maximum absolute atomic E-state index is 5.74. The first-order valence-electron chi connectivity index (χ1n) is 6.98. The Labute approximate surface area is 123 Å². The second-order valence-electron chi connectivity index (χ2n) is 5.23. The Balaban J connectivity index is 1.94. The van der Waals surface area contributed by atoms with Crippen molar-refractivity contribution in [1.29, 1.82) is 0 Å². The van der Waals surface area contributed by atoms with Crippen molar-refractivity contribution in [3.05, 3.63) is 59.7 Å². The molecule has 5 nitrogen and oxygen atoms in total. The Morgan fingerprint density at radius 1 is 1.29 bits per heavy atom. The molecule has 3 aromatic rings. The number of aromatic nitrogens is 3. The van der Waals surface area contributed by atoms with E-state index in [9.17, 15) is 0 Å². The Morgan fingerprint density at radius 3 is 2.81 bits per heavy atom. The van der Waals surface area contributed by atoms with E-state index in [0.29, 0.717) is 0 Å². The maximum atomic E-state index is 5.74. The summed E-state index contributed by atoms with van der Waals surface area (Å²) in [6.07, 6.45) is 2.54. The average molecular weight is 281 g/mol. The summed E-state index contributed by atoms with van der Waals surface area (Å²) in [5.74, 6) is 6.75. The summed E-state index contributed by atoms with van der Waals surface area (Å²) in [4.78, 5) is 8.93. The van der Waals surface area contributed by atoms with Crippen LogP contribution in [0.2, 0.25) is 0 Å². The molecule has 0 fully saturated rings. The van der Waals surface area contributed by atoms with Gasteiger partial charge < -0.3 is 4.57 Å². The van der Waals surface area contributed by atoms with Crippen LogP contribution in [0.3, 0.4) is 0 Å². The normalized spacial score (nSPS) is 12.7. The number of hydrogen-bond acceptors (Lipinski definition) is 4. The van der Waals surface area contributed by atoms with Crippen molar-refractivity contribution in [3.8, 4) is 0 Å². The van der Waals surface area contributed by atoms with Crippen LogP contribution in [0, 0.1) is 6.92 Å². The van der Waals surface area contributed by atoms with Gasteiger partial charge in [0.05, 0.1) is 17.1 Å². The minimum absolute atomic E-state index is 0.0159. The van der Waals surface area contributed by atoms with Crippen molar-refractivity contribution in [2.24, 2.45) is 12.9 Å². The quantitative estimate of drug-likeness (QED) is 0.567. The van der Waals surface area contributed by atoms with Crippen LogP contribution in [0.25, 0.3) is 11.0 Å². The molecule has 1 unspecified atom stereocenters. The largest absolute Gasteiger partial charge is 0.331 e. The predicted octanol–water partition coefficient (Wildman–Crippen LogP) is 2.02. The van der Waals surface area contributed by atoms with E-state index >= 15 is 0 Å². The Hall–Kier alpha value is -2.24. The van der Waals surface area contributed by atoms with E-state index in [0.717, 1.165) is 34.5 Å². The van der Waals surface area contributed by atoms with E-state index in [2.05, 4.69) is 21.0 Å². The number of nitrogens with two attached hydrogens (primary N) is 1. The lowest BCUT2D eigenvalue weighted by Crippen LogP contribution is -2.30. The minimum atomic E-state index is 0.0159.